The Bertz CT molecular complexity index is 440. The van der Waals surface area contributed by atoms with Crippen LogP contribution in [0.1, 0.15) is 17.5 Å². The summed E-state index contributed by atoms with van der Waals surface area (Å²) in [5.41, 5.74) is 1.78. The number of nitrogens with zero attached hydrogens (tertiary/aromatic N) is 1. The number of ketones is 1. The van der Waals surface area contributed by atoms with E-state index in [0.717, 1.165) is 43.7 Å². The zero-order valence-electron chi connectivity index (χ0n) is 11.4. The highest BCUT2D eigenvalue weighted by Crippen LogP contribution is 2.11. The van der Waals surface area contributed by atoms with Crippen LogP contribution in [-0.4, -0.2) is 43.4 Å². The molecule has 1 saturated heterocycles. The van der Waals surface area contributed by atoms with E-state index in [9.17, 15) is 9.18 Å². The average Bonchev–Trinajstić information content (AvgIpc) is 2.61. The summed E-state index contributed by atoms with van der Waals surface area (Å²) in [5, 5.41) is 3.32. The molecule has 1 N–H and O–H groups in total. The fraction of sp³-hybridized carbons (Fsp3) is 0.533. The molecule has 0 aliphatic carbocycles. The number of benzene rings is 1. The van der Waals surface area contributed by atoms with Crippen LogP contribution in [0.15, 0.2) is 18.2 Å². The van der Waals surface area contributed by atoms with Crippen LogP contribution in [0.3, 0.4) is 0 Å². The number of rotatable bonds is 4. The number of Topliss-reactive ketones (excluding diaryl/α,β-unsaturated/α-hetero) is 1. The monoisotopic (exact) mass is 264 g/mol. The Morgan fingerprint density at radius 1 is 1.37 bits per heavy atom. The van der Waals surface area contributed by atoms with Gasteiger partial charge >= 0.3 is 0 Å². The van der Waals surface area contributed by atoms with Gasteiger partial charge in [-0.1, -0.05) is 6.07 Å². The van der Waals surface area contributed by atoms with Crippen LogP contribution in [-0.2, 0) is 11.2 Å². The number of hydrogen-bond donors (Lipinski definition) is 1. The summed E-state index contributed by atoms with van der Waals surface area (Å²) in [7, 11) is 0. The van der Waals surface area contributed by atoms with Gasteiger partial charge < -0.3 is 5.32 Å². The summed E-state index contributed by atoms with van der Waals surface area (Å²) in [6.45, 7) is 6.22. The summed E-state index contributed by atoms with van der Waals surface area (Å²) in [5.74, 6) is -0.0381. The molecule has 0 radical (unpaired) electrons. The van der Waals surface area contributed by atoms with Gasteiger partial charge in [0.25, 0.3) is 0 Å². The summed E-state index contributed by atoms with van der Waals surface area (Å²) in [6, 6.07) is 4.62. The number of halogens is 1. The summed E-state index contributed by atoms with van der Waals surface area (Å²) in [6.07, 6.45) is 1.49. The first-order valence-corrected chi connectivity index (χ1v) is 6.85. The molecule has 1 heterocycles. The first-order valence-electron chi connectivity index (χ1n) is 6.85. The SMILES string of the molecule is Cc1cc(F)ccc1CC(=O)CN1CCCNCC1. The highest BCUT2D eigenvalue weighted by atomic mass is 19.1. The average molecular weight is 264 g/mol. The fourth-order valence-corrected chi connectivity index (χ4v) is 2.44. The highest BCUT2D eigenvalue weighted by molar-refractivity contribution is 5.83. The van der Waals surface area contributed by atoms with Gasteiger partial charge in [0.15, 0.2) is 5.78 Å². The summed E-state index contributed by atoms with van der Waals surface area (Å²) >= 11 is 0. The van der Waals surface area contributed by atoms with Crippen molar-refractivity contribution >= 4 is 5.78 Å². The zero-order chi connectivity index (χ0) is 13.7. The second-order valence-corrected chi connectivity index (χ2v) is 5.17. The van der Waals surface area contributed by atoms with Gasteiger partial charge in [-0.3, -0.25) is 9.69 Å². The maximum Gasteiger partial charge on any atom is 0.151 e. The molecule has 0 aromatic heterocycles. The first-order chi connectivity index (χ1) is 9.15. The van der Waals surface area contributed by atoms with E-state index in [1.165, 1.54) is 12.1 Å². The Labute approximate surface area is 113 Å². The molecular weight excluding hydrogens is 243 g/mol. The van der Waals surface area contributed by atoms with E-state index >= 15 is 0 Å². The minimum atomic E-state index is -0.243. The van der Waals surface area contributed by atoms with E-state index in [0.29, 0.717) is 13.0 Å². The molecule has 0 unspecified atom stereocenters. The second kappa shape index (κ2) is 6.78. The molecule has 104 valence electrons. The highest BCUT2D eigenvalue weighted by Gasteiger charge is 2.13. The molecule has 19 heavy (non-hydrogen) atoms. The second-order valence-electron chi connectivity index (χ2n) is 5.17. The van der Waals surface area contributed by atoms with Crippen molar-refractivity contribution in [3.63, 3.8) is 0 Å². The third-order valence-electron chi connectivity index (χ3n) is 3.52. The lowest BCUT2D eigenvalue weighted by molar-refractivity contribution is -0.119. The number of aryl methyl sites for hydroxylation is 1. The van der Waals surface area contributed by atoms with Crippen molar-refractivity contribution in [2.24, 2.45) is 0 Å². The normalized spacial score (nSPS) is 17.2. The minimum absolute atomic E-state index is 0.205. The minimum Gasteiger partial charge on any atom is -0.315 e. The molecule has 1 aromatic rings. The van der Waals surface area contributed by atoms with Crippen LogP contribution in [0.5, 0.6) is 0 Å². The number of carbonyl (C=O) groups excluding carboxylic acids is 1. The Kier molecular flexibility index (Phi) is 5.05. The molecule has 1 aromatic carbocycles. The zero-order valence-corrected chi connectivity index (χ0v) is 11.4. The van der Waals surface area contributed by atoms with Crippen LogP contribution >= 0.6 is 0 Å². The molecule has 0 amide bonds. The first kappa shape index (κ1) is 14.2. The molecule has 4 heteroatoms. The summed E-state index contributed by atoms with van der Waals surface area (Å²) in [4.78, 5) is 14.3. The van der Waals surface area contributed by atoms with Gasteiger partial charge in [0.1, 0.15) is 5.82 Å². The number of carbonyl (C=O) groups is 1. The fourth-order valence-electron chi connectivity index (χ4n) is 2.44. The van der Waals surface area contributed by atoms with Crippen LogP contribution in [0, 0.1) is 12.7 Å². The number of nitrogens with one attached hydrogen (secondary N) is 1. The van der Waals surface area contributed by atoms with Crippen molar-refractivity contribution in [3.05, 3.63) is 35.1 Å². The van der Waals surface area contributed by atoms with Crippen molar-refractivity contribution in [1.29, 1.82) is 0 Å². The Morgan fingerprint density at radius 2 is 2.21 bits per heavy atom. The molecule has 1 fully saturated rings. The maximum atomic E-state index is 13.0. The third kappa shape index (κ3) is 4.40. The van der Waals surface area contributed by atoms with Crippen LogP contribution in [0.2, 0.25) is 0 Å². The van der Waals surface area contributed by atoms with Gasteiger partial charge in [0, 0.05) is 19.5 Å². The molecule has 0 atom stereocenters. The third-order valence-corrected chi connectivity index (χ3v) is 3.52. The topological polar surface area (TPSA) is 32.3 Å². The van der Waals surface area contributed by atoms with Gasteiger partial charge in [-0.15, -0.1) is 0 Å². The van der Waals surface area contributed by atoms with Crippen LogP contribution in [0.4, 0.5) is 4.39 Å². The summed E-state index contributed by atoms with van der Waals surface area (Å²) < 4.78 is 13.0. The molecule has 0 bridgehead atoms. The maximum absolute atomic E-state index is 13.0. The van der Waals surface area contributed by atoms with Gasteiger partial charge in [-0.25, -0.2) is 4.39 Å². The molecule has 0 saturated carbocycles. The van der Waals surface area contributed by atoms with E-state index in [2.05, 4.69) is 10.2 Å². The predicted octanol–water partition coefficient (Wildman–Crippen LogP) is 1.54. The van der Waals surface area contributed by atoms with Gasteiger partial charge in [-0.2, -0.15) is 0 Å². The van der Waals surface area contributed by atoms with E-state index < -0.39 is 0 Å². The number of hydrogen-bond acceptors (Lipinski definition) is 3. The van der Waals surface area contributed by atoms with E-state index in [4.69, 9.17) is 0 Å². The lowest BCUT2D eigenvalue weighted by Gasteiger charge is -2.18. The van der Waals surface area contributed by atoms with Gasteiger partial charge in [0.05, 0.1) is 6.54 Å². The molecule has 3 nitrogen and oxygen atoms in total. The van der Waals surface area contributed by atoms with Crippen LogP contribution in [0.25, 0.3) is 0 Å². The molecular formula is C15H21FN2O. The van der Waals surface area contributed by atoms with E-state index in [-0.39, 0.29) is 11.6 Å². The quantitative estimate of drug-likeness (QED) is 0.895. The lowest BCUT2D eigenvalue weighted by Crippen LogP contribution is -2.33. The van der Waals surface area contributed by atoms with Crippen molar-refractivity contribution in [2.45, 2.75) is 19.8 Å². The van der Waals surface area contributed by atoms with Crippen LogP contribution < -0.4 is 5.32 Å². The van der Waals surface area contributed by atoms with Crippen molar-refractivity contribution < 1.29 is 9.18 Å². The molecule has 2 rings (SSSR count). The molecule has 1 aliphatic heterocycles. The Hall–Kier alpha value is -1.26. The predicted molar refractivity (Wildman–Crippen MR) is 73.8 cm³/mol. The van der Waals surface area contributed by atoms with Gasteiger partial charge in [0.2, 0.25) is 0 Å². The van der Waals surface area contributed by atoms with Crippen molar-refractivity contribution in [3.8, 4) is 0 Å². The molecule has 1 aliphatic rings. The Balaban J connectivity index is 1.89. The van der Waals surface area contributed by atoms with Gasteiger partial charge in [-0.05, 0) is 49.7 Å². The van der Waals surface area contributed by atoms with Crippen molar-refractivity contribution in [1.82, 2.24) is 10.2 Å². The van der Waals surface area contributed by atoms with E-state index in [1.807, 2.05) is 6.92 Å². The molecule has 0 spiro atoms. The Morgan fingerprint density at radius 3 is 3.00 bits per heavy atom. The standard InChI is InChI=1S/C15H21FN2O/c1-12-9-14(16)4-3-13(12)10-15(19)11-18-7-2-5-17-6-8-18/h3-4,9,17H,2,5-8,10-11H2,1H3. The lowest BCUT2D eigenvalue weighted by atomic mass is 10.0. The largest absolute Gasteiger partial charge is 0.315 e. The van der Waals surface area contributed by atoms with E-state index in [1.54, 1.807) is 6.07 Å². The van der Waals surface area contributed by atoms with Crippen molar-refractivity contribution in [2.75, 3.05) is 32.7 Å². The smallest absolute Gasteiger partial charge is 0.151 e.